The maximum Gasteiger partial charge on any atom is 0.335 e. The largest absolute Gasteiger partial charge is 0.478 e. The number of rotatable bonds is 1. The molecule has 1 aromatic carbocycles. The van der Waals surface area contributed by atoms with Crippen LogP contribution >= 0.6 is 0 Å². The monoisotopic (exact) mass is 340 g/mol. The zero-order valence-corrected chi connectivity index (χ0v) is 14.6. The van der Waals surface area contributed by atoms with E-state index in [9.17, 15) is 4.79 Å². The fourth-order valence-electron chi connectivity index (χ4n) is 7.60. The van der Waals surface area contributed by atoms with Crippen LogP contribution in [0.3, 0.4) is 0 Å². The minimum atomic E-state index is -1.00. The Kier molecular flexibility index (Phi) is 3.35. The number of carboxylic acid groups (broad SMARTS) is 1. The van der Waals surface area contributed by atoms with Crippen LogP contribution in [-0.2, 0) is 0 Å². The Hall–Kier alpha value is -1.71. The molecular formula is C21H28N2O2. The van der Waals surface area contributed by atoms with Gasteiger partial charge in [-0.3, -0.25) is 0 Å². The molecule has 0 saturated heterocycles. The van der Waals surface area contributed by atoms with Gasteiger partial charge in [0.2, 0.25) is 0 Å². The number of anilines is 2. The number of hydrogen-bond acceptors (Lipinski definition) is 3. The summed E-state index contributed by atoms with van der Waals surface area (Å²) in [6, 6.07) is 4.21. The quantitative estimate of drug-likeness (QED) is 0.677. The van der Waals surface area contributed by atoms with Gasteiger partial charge in [-0.25, -0.2) is 4.79 Å². The molecule has 134 valence electrons. The Morgan fingerprint density at radius 1 is 0.760 bits per heavy atom. The Balaban J connectivity index is 0.000000117. The highest BCUT2D eigenvalue weighted by atomic mass is 16.4. The Bertz CT molecular complexity index is 628. The first-order valence-electron chi connectivity index (χ1n) is 9.89. The first-order chi connectivity index (χ1) is 12.0. The topological polar surface area (TPSA) is 89.3 Å². The molecule has 7 saturated carbocycles. The maximum atomic E-state index is 10.4. The van der Waals surface area contributed by atoms with E-state index in [1.807, 2.05) is 0 Å². The highest BCUT2D eigenvalue weighted by molar-refractivity contribution is 5.90. The van der Waals surface area contributed by atoms with Crippen molar-refractivity contribution < 1.29 is 9.90 Å². The predicted molar refractivity (Wildman–Crippen MR) is 97.8 cm³/mol. The molecule has 4 nitrogen and oxygen atoms in total. The van der Waals surface area contributed by atoms with E-state index in [1.165, 1.54) is 65.5 Å². The number of nitrogens with two attached hydrogens (primary N) is 2. The highest BCUT2D eigenvalue weighted by Gasteiger charge is 2.63. The molecule has 0 radical (unpaired) electrons. The molecular weight excluding hydrogens is 312 g/mol. The minimum Gasteiger partial charge on any atom is -0.478 e. The van der Waals surface area contributed by atoms with E-state index in [1.54, 1.807) is 38.5 Å². The molecule has 0 aliphatic heterocycles. The molecule has 0 amide bonds. The fourth-order valence-corrected chi connectivity index (χ4v) is 7.60. The lowest BCUT2D eigenvalue weighted by Crippen LogP contribution is -2.62. The van der Waals surface area contributed by atoms with E-state index in [0.717, 1.165) is 0 Å². The van der Waals surface area contributed by atoms with E-state index >= 15 is 0 Å². The van der Waals surface area contributed by atoms with Crippen LogP contribution in [0.5, 0.6) is 0 Å². The van der Waals surface area contributed by atoms with Gasteiger partial charge in [-0.2, -0.15) is 0 Å². The van der Waals surface area contributed by atoms with Gasteiger partial charge in [0.25, 0.3) is 0 Å². The van der Waals surface area contributed by atoms with Gasteiger partial charge >= 0.3 is 5.97 Å². The summed E-state index contributed by atoms with van der Waals surface area (Å²) in [5.41, 5.74) is 11.6. The van der Waals surface area contributed by atoms with Crippen molar-refractivity contribution in [2.75, 3.05) is 11.5 Å². The summed E-state index contributed by atoms with van der Waals surface area (Å²) in [7, 11) is 0. The number of benzene rings is 1. The third-order valence-electron chi connectivity index (χ3n) is 8.27. The lowest BCUT2D eigenvalue weighted by Gasteiger charge is -2.69. The van der Waals surface area contributed by atoms with Gasteiger partial charge in [-0.15, -0.1) is 0 Å². The number of nitrogen functional groups attached to an aromatic ring is 2. The van der Waals surface area contributed by atoms with Gasteiger partial charge in [0.15, 0.2) is 0 Å². The molecule has 1 aromatic rings. The number of aromatic carboxylic acids is 1. The second-order valence-corrected chi connectivity index (χ2v) is 9.28. The van der Waals surface area contributed by atoms with Crippen molar-refractivity contribution >= 4 is 17.3 Å². The van der Waals surface area contributed by atoms with E-state index in [2.05, 4.69) is 0 Å². The van der Waals surface area contributed by atoms with Crippen molar-refractivity contribution in [1.29, 1.82) is 0 Å². The lowest BCUT2D eigenvalue weighted by molar-refractivity contribution is -0.202. The maximum absolute atomic E-state index is 10.4. The average Bonchev–Trinajstić information content (AvgIpc) is 2.61. The lowest BCUT2D eigenvalue weighted by atomic mass is 9.36. The molecule has 7 fully saturated rings. The first kappa shape index (κ1) is 15.5. The Morgan fingerprint density at radius 3 is 1.48 bits per heavy atom. The molecule has 8 rings (SSSR count). The van der Waals surface area contributed by atoms with Gasteiger partial charge in [-0.1, -0.05) is 0 Å². The molecule has 0 aromatic heterocycles. The van der Waals surface area contributed by atoms with E-state index in [-0.39, 0.29) is 5.56 Å². The van der Waals surface area contributed by atoms with Crippen molar-refractivity contribution in [3.05, 3.63) is 23.8 Å². The summed E-state index contributed by atoms with van der Waals surface area (Å²) in [4.78, 5) is 10.4. The van der Waals surface area contributed by atoms with Gasteiger partial charge in [0.1, 0.15) is 0 Å². The summed E-state index contributed by atoms with van der Waals surface area (Å²) >= 11 is 0. The van der Waals surface area contributed by atoms with Crippen LogP contribution in [0.25, 0.3) is 0 Å². The number of carboxylic acids is 1. The van der Waals surface area contributed by atoms with E-state index in [4.69, 9.17) is 16.6 Å². The fraction of sp³-hybridized carbons (Fsp3) is 0.667. The zero-order valence-electron chi connectivity index (χ0n) is 14.6. The standard InChI is InChI=1S/C14H20.C7H8N2O2/c1-7-2-12-10-4-8-5-11(9(1)10)13(3-7)14(12)6-8;8-5-2-1-4(7(10)11)3-6(5)9/h7-14H,1-6H2;1-3H,8-9H2,(H,10,11). The van der Waals surface area contributed by atoms with Crippen LogP contribution < -0.4 is 11.5 Å². The third-order valence-corrected chi connectivity index (χ3v) is 8.27. The third kappa shape index (κ3) is 2.29. The average molecular weight is 340 g/mol. The van der Waals surface area contributed by atoms with Crippen LogP contribution in [0.1, 0.15) is 48.9 Å². The summed E-state index contributed by atoms with van der Waals surface area (Å²) in [6.45, 7) is 0. The molecule has 5 N–H and O–H groups in total. The normalized spacial score (nSPS) is 44.5. The summed E-state index contributed by atoms with van der Waals surface area (Å²) < 4.78 is 0. The minimum absolute atomic E-state index is 0.150. The molecule has 7 aliphatic rings. The van der Waals surface area contributed by atoms with Crippen LogP contribution in [0, 0.1) is 47.3 Å². The zero-order chi connectivity index (χ0) is 17.3. The molecule has 0 atom stereocenters. The highest BCUT2D eigenvalue weighted by Crippen LogP contribution is 2.71. The Labute approximate surface area is 149 Å². The molecule has 0 spiro atoms. The molecule has 0 unspecified atom stereocenters. The van der Waals surface area contributed by atoms with Gasteiger partial charge in [0.05, 0.1) is 16.9 Å². The van der Waals surface area contributed by atoms with Crippen molar-refractivity contribution in [2.24, 2.45) is 47.3 Å². The van der Waals surface area contributed by atoms with E-state index < -0.39 is 5.97 Å². The van der Waals surface area contributed by atoms with Crippen molar-refractivity contribution in [1.82, 2.24) is 0 Å². The molecule has 4 heteroatoms. The van der Waals surface area contributed by atoms with E-state index in [0.29, 0.717) is 11.4 Å². The summed E-state index contributed by atoms with van der Waals surface area (Å²) in [5.74, 6) is 8.74. The second-order valence-electron chi connectivity index (χ2n) is 9.28. The number of carbonyl (C=O) groups is 1. The molecule has 0 heterocycles. The van der Waals surface area contributed by atoms with Crippen molar-refractivity contribution in [3.8, 4) is 0 Å². The van der Waals surface area contributed by atoms with Crippen LogP contribution in [0.2, 0.25) is 0 Å². The smallest absolute Gasteiger partial charge is 0.335 e. The van der Waals surface area contributed by atoms with Gasteiger partial charge in [-0.05, 0) is 104 Å². The summed E-state index contributed by atoms with van der Waals surface area (Å²) in [5, 5.41) is 8.50. The Morgan fingerprint density at radius 2 is 1.16 bits per heavy atom. The van der Waals surface area contributed by atoms with Crippen molar-refractivity contribution in [3.63, 3.8) is 0 Å². The molecule has 7 aliphatic carbocycles. The predicted octanol–water partition coefficient (Wildman–Crippen LogP) is 3.87. The van der Waals surface area contributed by atoms with Crippen LogP contribution in [-0.4, -0.2) is 11.1 Å². The SMILES string of the molecule is C1C2CC3C4CC5CC(C14)C(C2)C3C5.Nc1ccc(C(=O)O)cc1N. The number of hydrogen-bond donors (Lipinski definition) is 3. The van der Waals surface area contributed by atoms with Crippen molar-refractivity contribution in [2.45, 2.75) is 38.5 Å². The van der Waals surface area contributed by atoms with Gasteiger partial charge < -0.3 is 16.6 Å². The van der Waals surface area contributed by atoms with Gasteiger partial charge in [0, 0.05) is 0 Å². The first-order valence-corrected chi connectivity index (χ1v) is 9.89. The molecule has 25 heavy (non-hydrogen) atoms. The second kappa shape index (κ2) is 5.39. The van der Waals surface area contributed by atoms with Crippen LogP contribution in [0.15, 0.2) is 18.2 Å². The molecule has 8 bridgehead atoms. The van der Waals surface area contributed by atoms with Crippen LogP contribution in [0.4, 0.5) is 11.4 Å². The summed E-state index contributed by atoms with van der Waals surface area (Å²) in [6.07, 6.45) is 9.93.